The summed E-state index contributed by atoms with van der Waals surface area (Å²) in [5, 5.41) is 2.88. The van der Waals surface area contributed by atoms with Crippen molar-refractivity contribution >= 4 is 29.1 Å². The molecule has 3 amide bonds. The molecular formula is C27H27N3O4. The highest BCUT2D eigenvalue weighted by Crippen LogP contribution is 2.28. The van der Waals surface area contributed by atoms with Crippen LogP contribution in [-0.2, 0) is 16.1 Å². The molecule has 7 heteroatoms. The third kappa shape index (κ3) is 5.09. The number of nitrogens with one attached hydrogen (secondary N) is 1. The van der Waals surface area contributed by atoms with Crippen molar-refractivity contribution in [3.8, 4) is 5.75 Å². The average molecular weight is 458 g/mol. The van der Waals surface area contributed by atoms with Crippen molar-refractivity contribution < 1.29 is 19.1 Å². The third-order valence-electron chi connectivity index (χ3n) is 5.90. The van der Waals surface area contributed by atoms with Crippen molar-refractivity contribution in [3.05, 3.63) is 90.0 Å². The van der Waals surface area contributed by atoms with Crippen molar-refractivity contribution in [2.75, 3.05) is 30.9 Å². The first-order valence-corrected chi connectivity index (χ1v) is 11.1. The minimum absolute atomic E-state index is 0.113. The maximum Gasteiger partial charge on any atom is 0.256 e. The zero-order chi connectivity index (χ0) is 24.1. The zero-order valence-corrected chi connectivity index (χ0v) is 19.2. The highest BCUT2D eigenvalue weighted by atomic mass is 16.5. The number of para-hydroxylation sites is 1. The summed E-state index contributed by atoms with van der Waals surface area (Å²) in [5.41, 5.74) is 2.58. The van der Waals surface area contributed by atoms with Crippen molar-refractivity contribution in [3.63, 3.8) is 0 Å². The van der Waals surface area contributed by atoms with Crippen LogP contribution in [0.25, 0.3) is 0 Å². The summed E-state index contributed by atoms with van der Waals surface area (Å²) in [4.78, 5) is 42.0. The molecule has 1 fully saturated rings. The summed E-state index contributed by atoms with van der Waals surface area (Å²) in [6.07, 6.45) is 0.113. The summed E-state index contributed by atoms with van der Waals surface area (Å²) in [5.74, 6) is -0.405. The second kappa shape index (κ2) is 10.2. The summed E-state index contributed by atoms with van der Waals surface area (Å²) in [7, 11) is 3.31. The van der Waals surface area contributed by atoms with Gasteiger partial charge in [0.15, 0.2) is 0 Å². The van der Waals surface area contributed by atoms with Gasteiger partial charge in [-0.3, -0.25) is 14.4 Å². The lowest BCUT2D eigenvalue weighted by Gasteiger charge is -2.20. The van der Waals surface area contributed by atoms with Gasteiger partial charge in [0.2, 0.25) is 11.8 Å². The van der Waals surface area contributed by atoms with E-state index in [1.54, 1.807) is 72.5 Å². The van der Waals surface area contributed by atoms with E-state index in [-0.39, 0.29) is 30.7 Å². The van der Waals surface area contributed by atoms with Crippen LogP contribution in [0.3, 0.4) is 0 Å². The Bertz CT molecular complexity index is 1180. The van der Waals surface area contributed by atoms with E-state index in [2.05, 4.69) is 5.32 Å². The number of amides is 3. The Morgan fingerprint density at radius 1 is 1.00 bits per heavy atom. The molecule has 1 aliphatic heterocycles. The van der Waals surface area contributed by atoms with Gasteiger partial charge in [-0.05, 0) is 42.0 Å². The topological polar surface area (TPSA) is 79.0 Å². The molecule has 1 unspecified atom stereocenters. The van der Waals surface area contributed by atoms with E-state index in [1.165, 1.54) is 0 Å². The van der Waals surface area contributed by atoms with Gasteiger partial charge in [0.1, 0.15) is 5.75 Å². The molecule has 7 nitrogen and oxygen atoms in total. The highest BCUT2D eigenvalue weighted by molar-refractivity contribution is 6.07. The molecule has 0 saturated carbocycles. The van der Waals surface area contributed by atoms with Gasteiger partial charge < -0.3 is 19.9 Å². The zero-order valence-electron chi connectivity index (χ0n) is 19.2. The first kappa shape index (κ1) is 23.0. The normalized spacial score (nSPS) is 15.2. The smallest absolute Gasteiger partial charge is 0.256 e. The van der Waals surface area contributed by atoms with Crippen molar-refractivity contribution in [2.24, 2.45) is 5.92 Å². The summed E-state index contributed by atoms with van der Waals surface area (Å²) in [6.45, 7) is 0.733. The second-order valence-electron chi connectivity index (χ2n) is 8.29. The number of carbonyl (C=O) groups is 3. The number of anilines is 2. The van der Waals surface area contributed by atoms with Gasteiger partial charge in [-0.15, -0.1) is 0 Å². The van der Waals surface area contributed by atoms with Gasteiger partial charge in [0.25, 0.3) is 5.91 Å². The van der Waals surface area contributed by atoms with Crippen molar-refractivity contribution in [2.45, 2.75) is 13.0 Å². The van der Waals surface area contributed by atoms with Crippen LogP contribution in [0.4, 0.5) is 11.4 Å². The SMILES string of the molecule is COc1ccc(N2CC(C(=O)Nc3ccccc3C(=O)N(C)Cc3ccccc3)CC2=O)cc1. The lowest BCUT2D eigenvalue weighted by atomic mass is 10.1. The second-order valence-corrected chi connectivity index (χ2v) is 8.29. The van der Waals surface area contributed by atoms with Crippen LogP contribution in [0.1, 0.15) is 22.3 Å². The number of hydrogen-bond donors (Lipinski definition) is 1. The van der Waals surface area contributed by atoms with Gasteiger partial charge in [0.05, 0.1) is 24.3 Å². The molecule has 3 aromatic carbocycles. The van der Waals surface area contributed by atoms with Crippen LogP contribution in [0.15, 0.2) is 78.9 Å². The molecule has 1 atom stereocenters. The van der Waals surface area contributed by atoms with Crippen LogP contribution in [0.2, 0.25) is 0 Å². The molecular weight excluding hydrogens is 430 g/mol. The van der Waals surface area contributed by atoms with E-state index in [4.69, 9.17) is 4.74 Å². The van der Waals surface area contributed by atoms with Gasteiger partial charge >= 0.3 is 0 Å². The number of methoxy groups -OCH3 is 1. The van der Waals surface area contributed by atoms with E-state index in [0.29, 0.717) is 23.5 Å². The molecule has 0 bridgehead atoms. The van der Waals surface area contributed by atoms with Gasteiger partial charge in [0, 0.05) is 32.2 Å². The first-order chi connectivity index (χ1) is 16.5. The summed E-state index contributed by atoms with van der Waals surface area (Å²) in [6, 6.07) is 23.8. The number of ether oxygens (including phenoxy) is 1. The Kier molecular flexibility index (Phi) is 6.92. The Labute approximate surface area is 198 Å². The Hall–Kier alpha value is -4.13. The van der Waals surface area contributed by atoms with Gasteiger partial charge in [-0.25, -0.2) is 0 Å². The van der Waals surface area contributed by atoms with E-state index in [9.17, 15) is 14.4 Å². The lowest BCUT2D eigenvalue weighted by Crippen LogP contribution is -2.30. The van der Waals surface area contributed by atoms with E-state index in [0.717, 1.165) is 11.3 Å². The van der Waals surface area contributed by atoms with E-state index >= 15 is 0 Å². The average Bonchev–Trinajstić information content (AvgIpc) is 3.26. The Morgan fingerprint density at radius 2 is 1.68 bits per heavy atom. The maximum absolute atomic E-state index is 13.1. The fourth-order valence-electron chi connectivity index (χ4n) is 4.04. The number of hydrogen-bond acceptors (Lipinski definition) is 4. The predicted molar refractivity (Wildman–Crippen MR) is 131 cm³/mol. The minimum Gasteiger partial charge on any atom is -0.497 e. The molecule has 0 aliphatic carbocycles. The Balaban J connectivity index is 1.44. The van der Waals surface area contributed by atoms with Crippen molar-refractivity contribution in [1.29, 1.82) is 0 Å². The monoisotopic (exact) mass is 457 g/mol. The molecule has 0 aromatic heterocycles. The fourth-order valence-corrected chi connectivity index (χ4v) is 4.04. The molecule has 1 heterocycles. The first-order valence-electron chi connectivity index (χ1n) is 11.1. The van der Waals surface area contributed by atoms with Crippen LogP contribution < -0.4 is 15.0 Å². The quantitative estimate of drug-likeness (QED) is 0.583. The molecule has 34 heavy (non-hydrogen) atoms. The molecule has 174 valence electrons. The molecule has 0 spiro atoms. The number of nitrogens with zero attached hydrogens (tertiary/aromatic N) is 2. The van der Waals surface area contributed by atoms with Crippen LogP contribution in [0.5, 0.6) is 5.75 Å². The van der Waals surface area contributed by atoms with Crippen molar-refractivity contribution in [1.82, 2.24) is 4.90 Å². The summed E-state index contributed by atoms with van der Waals surface area (Å²) >= 11 is 0. The molecule has 1 aliphatic rings. The predicted octanol–water partition coefficient (Wildman–Crippen LogP) is 3.96. The van der Waals surface area contributed by atoms with E-state index in [1.807, 2.05) is 30.3 Å². The number of benzene rings is 3. The van der Waals surface area contributed by atoms with E-state index < -0.39 is 5.92 Å². The van der Waals surface area contributed by atoms with Crippen LogP contribution in [0, 0.1) is 5.92 Å². The standard InChI is InChI=1S/C27H27N3O4/c1-29(17-19-8-4-3-5-9-19)27(33)23-10-6-7-11-24(23)28-26(32)20-16-25(31)30(18-20)21-12-14-22(34-2)15-13-21/h3-15,20H,16-18H2,1-2H3,(H,28,32). The largest absolute Gasteiger partial charge is 0.497 e. The van der Waals surface area contributed by atoms with Crippen LogP contribution in [-0.4, -0.2) is 43.3 Å². The molecule has 1 N–H and O–H groups in total. The van der Waals surface area contributed by atoms with Crippen LogP contribution >= 0.6 is 0 Å². The molecule has 0 radical (unpaired) electrons. The third-order valence-corrected chi connectivity index (χ3v) is 5.90. The highest BCUT2D eigenvalue weighted by Gasteiger charge is 2.35. The van der Waals surface area contributed by atoms with Gasteiger partial charge in [-0.1, -0.05) is 42.5 Å². The number of rotatable bonds is 7. The molecule has 4 rings (SSSR count). The Morgan fingerprint density at radius 3 is 2.38 bits per heavy atom. The fraction of sp³-hybridized carbons (Fsp3) is 0.222. The maximum atomic E-state index is 13.1. The molecule has 1 saturated heterocycles. The summed E-state index contributed by atoms with van der Waals surface area (Å²) < 4.78 is 5.17. The van der Waals surface area contributed by atoms with Gasteiger partial charge in [-0.2, -0.15) is 0 Å². The number of carbonyl (C=O) groups excluding carboxylic acids is 3. The minimum atomic E-state index is -0.514. The molecule has 3 aromatic rings. The lowest BCUT2D eigenvalue weighted by molar-refractivity contribution is -0.122.